The van der Waals surface area contributed by atoms with Crippen LogP contribution in [0.5, 0.6) is 0 Å². The minimum atomic E-state index is 0.438. The SMILES string of the molecule is c1ccc(-c2noc(-c3cncnc3NC3CCCCC3)n2)cc1. The average Bonchev–Trinajstić information content (AvgIpc) is 3.14. The van der Waals surface area contributed by atoms with Crippen LogP contribution >= 0.6 is 0 Å². The lowest BCUT2D eigenvalue weighted by molar-refractivity contribution is 0.431. The van der Waals surface area contributed by atoms with Crippen LogP contribution in [-0.2, 0) is 0 Å². The second-order valence-electron chi connectivity index (χ2n) is 6.05. The summed E-state index contributed by atoms with van der Waals surface area (Å²) in [6.45, 7) is 0. The van der Waals surface area contributed by atoms with E-state index in [9.17, 15) is 0 Å². The molecule has 0 amide bonds. The first-order valence-corrected chi connectivity index (χ1v) is 8.36. The Balaban J connectivity index is 1.61. The molecule has 24 heavy (non-hydrogen) atoms. The lowest BCUT2D eigenvalue weighted by Gasteiger charge is -2.23. The molecule has 1 N–H and O–H groups in total. The molecule has 4 rings (SSSR count). The van der Waals surface area contributed by atoms with Crippen LogP contribution in [0.4, 0.5) is 5.82 Å². The first-order valence-electron chi connectivity index (χ1n) is 8.36. The van der Waals surface area contributed by atoms with E-state index in [0.29, 0.717) is 17.8 Å². The molecule has 1 aliphatic carbocycles. The molecular weight excluding hydrogens is 302 g/mol. The van der Waals surface area contributed by atoms with E-state index in [1.807, 2.05) is 30.3 Å². The molecule has 2 heterocycles. The van der Waals surface area contributed by atoms with Gasteiger partial charge in [-0.2, -0.15) is 4.98 Å². The van der Waals surface area contributed by atoms with Crippen molar-refractivity contribution >= 4 is 5.82 Å². The zero-order valence-corrected chi connectivity index (χ0v) is 13.4. The highest BCUT2D eigenvalue weighted by Gasteiger charge is 2.19. The summed E-state index contributed by atoms with van der Waals surface area (Å²) in [6, 6.07) is 10.2. The van der Waals surface area contributed by atoms with Crippen molar-refractivity contribution in [3.8, 4) is 22.8 Å². The first kappa shape index (κ1) is 14.8. The van der Waals surface area contributed by atoms with Crippen molar-refractivity contribution in [3.05, 3.63) is 42.9 Å². The highest BCUT2D eigenvalue weighted by Crippen LogP contribution is 2.28. The molecule has 122 valence electrons. The molecule has 0 unspecified atom stereocenters. The van der Waals surface area contributed by atoms with Gasteiger partial charge in [0.05, 0.1) is 0 Å². The standard InChI is InChI=1S/C18H19N5O/c1-3-7-13(8-4-1)16-22-18(24-23-16)15-11-19-12-20-17(15)21-14-9-5-2-6-10-14/h1,3-4,7-8,11-12,14H,2,5-6,9-10H2,(H,19,20,21). The van der Waals surface area contributed by atoms with Gasteiger partial charge in [-0.15, -0.1) is 0 Å². The predicted octanol–water partition coefficient (Wildman–Crippen LogP) is 3.94. The maximum atomic E-state index is 5.45. The smallest absolute Gasteiger partial charge is 0.263 e. The van der Waals surface area contributed by atoms with Gasteiger partial charge in [0, 0.05) is 17.8 Å². The quantitative estimate of drug-likeness (QED) is 0.784. The Kier molecular flexibility index (Phi) is 4.18. The lowest BCUT2D eigenvalue weighted by Crippen LogP contribution is -2.23. The van der Waals surface area contributed by atoms with Crippen LogP contribution in [0.15, 0.2) is 47.4 Å². The topological polar surface area (TPSA) is 76.7 Å². The van der Waals surface area contributed by atoms with E-state index in [1.54, 1.807) is 12.5 Å². The molecule has 0 spiro atoms. The highest BCUT2D eigenvalue weighted by molar-refractivity contribution is 5.69. The van der Waals surface area contributed by atoms with Crippen LogP contribution < -0.4 is 5.32 Å². The molecule has 0 aliphatic heterocycles. The Bertz CT molecular complexity index is 796. The molecule has 6 heteroatoms. The molecule has 1 fully saturated rings. The van der Waals surface area contributed by atoms with Gasteiger partial charge in [-0.25, -0.2) is 9.97 Å². The van der Waals surface area contributed by atoms with Crippen molar-refractivity contribution in [1.82, 2.24) is 20.1 Å². The molecule has 2 aromatic heterocycles. The molecule has 1 aromatic carbocycles. The first-order chi connectivity index (χ1) is 11.9. The van der Waals surface area contributed by atoms with Gasteiger partial charge < -0.3 is 9.84 Å². The predicted molar refractivity (Wildman–Crippen MR) is 91.3 cm³/mol. The molecule has 0 saturated heterocycles. The molecule has 0 atom stereocenters. The highest BCUT2D eigenvalue weighted by atomic mass is 16.5. The fourth-order valence-corrected chi connectivity index (χ4v) is 3.08. The second-order valence-corrected chi connectivity index (χ2v) is 6.05. The third kappa shape index (κ3) is 3.13. The lowest BCUT2D eigenvalue weighted by atomic mass is 9.95. The van der Waals surface area contributed by atoms with Crippen molar-refractivity contribution in [2.24, 2.45) is 0 Å². The summed E-state index contributed by atoms with van der Waals surface area (Å²) in [5, 5.41) is 7.60. The molecule has 3 aromatic rings. The second kappa shape index (κ2) is 6.78. The van der Waals surface area contributed by atoms with Crippen molar-refractivity contribution in [3.63, 3.8) is 0 Å². The summed E-state index contributed by atoms with van der Waals surface area (Å²) >= 11 is 0. The van der Waals surface area contributed by atoms with Crippen LogP contribution in [-0.4, -0.2) is 26.2 Å². The summed E-state index contributed by atoms with van der Waals surface area (Å²) in [4.78, 5) is 13.0. The van der Waals surface area contributed by atoms with Crippen molar-refractivity contribution < 1.29 is 4.52 Å². The van der Waals surface area contributed by atoms with Crippen molar-refractivity contribution in [2.45, 2.75) is 38.1 Å². The minimum Gasteiger partial charge on any atom is -0.367 e. The number of aromatic nitrogens is 4. The fourth-order valence-electron chi connectivity index (χ4n) is 3.08. The van der Waals surface area contributed by atoms with Gasteiger partial charge in [-0.05, 0) is 12.8 Å². The van der Waals surface area contributed by atoms with E-state index in [1.165, 1.54) is 32.1 Å². The van der Waals surface area contributed by atoms with Gasteiger partial charge in [0.2, 0.25) is 5.82 Å². The Hall–Kier alpha value is -2.76. The van der Waals surface area contributed by atoms with E-state index < -0.39 is 0 Å². The fraction of sp³-hybridized carbons (Fsp3) is 0.333. The molecule has 6 nitrogen and oxygen atoms in total. The summed E-state index contributed by atoms with van der Waals surface area (Å²) in [5.41, 5.74) is 1.67. The number of benzene rings is 1. The molecular formula is C18H19N5O. The number of anilines is 1. The van der Waals surface area contributed by atoms with Crippen LogP contribution in [0, 0.1) is 0 Å². The van der Waals surface area contributed by atoms with Gasteiger partial charge >= 0.3 is 0 Å². The van der Waals surface area contributed by atoms with Crippen LogP contribution in [0.25, 0.3) is 22.8 Å². The summed E-state index contributed by atoms with van der Waals surface area (Å²) in [5.74, 6) is 1.77. The number of nitrogens with zero attached hydrogens (tertiary/aromatic N) is 4. The minimum absolute atomic E-state index is 0.438. The normalized spacial score (nSPS) is 15.3. The van der Waals surface area contributed by atoms with Crippen LogP contribution in [0.1, 0.15) is 32.1 Å². The third-order valence-corrected chi connectivity index (χ3v) is 4.35. The Morgan fingerprint density at radius 1 is 1.04 bits per heavy atom. The Morgan fingerprint density at radius 2 is 1.88 bits per heavy atom. The van der Waals surface area contributed by atoms with E-state index in [2.05, 4.69) is 25.4 Å². The van der Waals surface area contributed by atoms with Gasteiger partial charge in [-0.3, -0.25) is 0 Å². The molecule has 0 radical (unpaired) electrons. The van der Waals surface area contributed by atoms with E-state index >= 15 is 0 Å². The van der Waals surface area contributed by atoms with Gasteiger partial charge in [0.25, 0.3) is 5.89 Å². The van der Waals surface area contributed by atoms with Gasteiger partial charge in [-0.1, -0.05) is 54.8 Å². The van der Waals surface area contributed by atoms with E-state index in [4.69, 9.17) is 4.52 Å². The average molecular weight is 321 g/mol. The van der Waals surface area contributed by atoms with E-state index in [-0.39, 0.29) is 0 Å². The monoisotopic (exact) mass is 321 g/mol. The largest absolute Gasteiger partial charge is 0.367 e. The van der Waals surface area contributed by atoms with Gasteiger partial charge in [0.1, 0.15) is 17.7 Å². The zero-order chi connectivity index (χ0) is 16.2. The van der Waals surface area contributed by atoms with Crippen molar-refractivity contribution in [1.29, 1.82) is 0 Å². The number of hydrogen-bond acceptors (Lipinski definition) is 6. The number of nitrogens with one attached hydrogen (secondary N) is 1. The summed E-state index contributed by atoms with van der Waals surface area (Å²) in [7, 11) is 0. The molecule has 0 bridgehead atoms. The Morgan fingerprint density at radius 3 is 2.71 bits per heavy atom. The molecule has 1 saturated carbocycles. The van der Waals surface area contributed by atoms with Gasteiger partial charge in [0.15, 0.2) is 0 Å². The summed E-state index contributed by atoms with van der Waals surface area (Å²) in [6.07, 6.45) is 9.45. The Labute approximate surface area is 140 Å². The third-order valence-electron chi connectivity index (χ3n) is 4.35. The van der Waals surface area contributed by atoms with E-state index in [0.717, 1.165) is 16.9 Å². The maximum absolute atomic E-state index is 5.45. The number of hydrogen-bond donors (Lipinski definition) is 1. The van der Waals surface area contributed by atoms with Crippen molar-refractivity contribution in [2.75, 3.05) is 5.32 Å². The number of rotatable bonds is 4. The summed E-state index contributed by atoms with van der Waals surface area (Å²) < 4.78 is 5.45. The van der Waals surface area contributed by atoms with Crippen LogP contribution in [0.2, 0.25) is 0 Å². The molecule has 1 aliphatic rings. The van der Waals surface area contributed by atoms with Crippen LogP contribution in [0.3, 0.4) is 0 Å². The zero-order valence-electron chi connectivity index (χ0n) is 13.4. The maximum Gasteiger partial charge on any atom is 0.263 e.